The Morgan fingerprint density at radius 3 is 2.00 bits per heavy atom. The summed E-state index contributed by atoms with van der Waals surface area (Å²) in [6.07, 6.45) is 2.18. The molecule has 0 radical (unpaired) electrons. The minimum atomic E-state index is -0.259. The van der Waals surface area contributed by atoms with Crippen molar-refractivity contribution in [3.8, 4) is 22.3 Å². The van der Waals surface area contributed by atoms with E-state index in [-0.39, 0.29) is 11.6 Å². The van der Waals surface area contributed by atoms with Crippen LogP contribution in [-0.2, 0) is 6.42 Å². The maximum Gasteiger partial charge on any atom is 0.159 e. The van der Waals surface area contributed by atoms with Gasteiger partial charge >= 0.3 is 0 Å². The summed E-state index contributed by atoms with van der Waals surface area (Å²) >= 11 is 0. The van der Waals surface area contributed by atoms with E-state index in [1.54, 1.807) is 36.4 Å². The van der Waals surface area contributed by atoms with Crippen LogP contribution in [0.15, 0.2) is 66.7 Å². The van der Waals surface area contributed by atoms with Crippen molar-refractivity contribution >= 4 is 5.78 Å². The zero-order valence-corrected chi connectivity index (χ0v) is 14.6. The predicted octanol–water partition coefficient (Wildman–Crippen LogP) is 6.31. The van der Waals surface area contributed by atoms with Crippen LogP contribution in [0, 0.1) is 5.82 Å². The van der Waals surface area contributed by atoms with Crippen LogP contribution in [0.4, 0.5) is 4.39 Å². The second kappa shape index (κ2) is 7.43. The fourth-order valence-corrected chi connectivity index (χ4v) is 2.97. The highest BCUT2D eigenvalue weighted by molar-refractivity contribution is 5.94. The van der Waals surface area contributed by atoms with Crippen LogP contribution in [0.25, 0.3) is 22.3 Å². The molecular formula is C23H21FO. The number of benzene rings is 3. The molecule has 126 valence electrons. The average molecular weight is 332 g/mol. The number of hydrogen-bond acceptors (Lipinski definition) is 1. The van der Waals surface area contributed by atoms with Crippen molar-refractivity contribution in [1.82, 2.24) is 0 Å². The molecule has 2 heteroatoms. The standard InChI is InChI=1S/C23H21FO/c1-3-4-17-5-7-19(8-6-17)21-13-14-22(23(24)15-21)20-11-9-18(10-12-20)16(2)25/h5-15H,3-4H2,1-2H3. The van der Waals surface area contributed by atoms with E-state index in [0.717, 1.165) is 29.5 Å². The molecule has 0 spiro atoms. The van der Waals surface area contributed by atoms with Crippen molar-refractivity contribution in [3.05, 3.63) is 83.7 Å². The molecule has 0 aromatic heterocycles. The lowest BCUT2D eigenvalue weighted by Crippen LogP contribution is -1.92. The molecule has 0 saturated carbocycles. The number of halogens is 1. The molecule has 0 atom stereocenters. The van der Waals surface area contributed by atoms with Gasteiger partial charge in [-0.15, -0.1) is 0 Å². The lowest BCUT2D eigenvalue weighted by Gasteiger charge is -2.08. The highest BCUT2D eigenvalue weighted by Gasteiger charge is 2.08. The van der Waals surface area contributed by atoms with Crippen molar-refractivity contribution in [2.75, 3.05) is 0 Å². The van der Waals surface area contributed by atoms with Crippen LogP contribution in [0.1, 0.15) is 36.2 Å². The number of rotatable bonds is 5. The van der Waals surface area contributed by atoms with Gasteiger partial charge in [-0.3, -0.25) is 4.79 Å². The second-order valence-corrected chi connectivity index (χ2v) is 6.28. The van der Waals surface area contributed by atoms with Gasteiger partial charge in [-0.05, 0) is 41.7 Å². The smallest absolute Gasteiger partial charge is 0.159 e. The molecule has 0 aliphatic rings. The summed E-state index contributed by atoms with van der Waals surface area (Å²) in [5.74, 6) is -0.250. The van der Waals surface area contributed by atoms with Gasteiger partial charge in [-0.2, -0.15) is 0 Å². The minimum absolute atomic E-state index is 0.00823. The summed E-state index contributed by atoms with van der Waals surface area (Å²) in [5.41, 5.74) is 5.12. The van der Waals surface area contributed by atoms with E-state index in [2.05, 4.69) is 19.1 Å². The first-order valence-corrected chi connectivity index (χ1v) is 8.58. The number of aryl methyl sites for hydroxylation is 1. The predicted molar refractivity (Wildman–Crippen MR) is 101 cm³/mol. The molecule has 0 aliphatic heterocycles. The van der Waals surface area contributed by atoms with Gasteiger partial charge in [0.1, 0.15) is 5.82 Å². The Kier molecular flexibility index (Phi) is 5.08. The van der Waals surface area contributed by atoms with Crippen LogP contribution in [0.2, 0.25) is 0 Å². The molecule has 3 aromatic carbocycles. The largest absolute Gasteiger partial charge is 0.295 e. The number of Topliss-reactive ketones (excluding diaryl/α,β-unsaturated/α-hetero) is 1. The van der Waals surface area contributed by atoms with Gasteiger partial charge < -0.3 is 0 Å². The maximum atomic E-state index is 14.6. The monoisotopic (exact) mass is 332 g/mol. The van der Waals surface area contributed by atoms with Crippen molar-refractivity contribution in [1.29, 1.82) is 0 Å². The highest BCUT2D eigenvalue weighted by Crippen LogP contribution is 2.28. The fourth-order valence-electron chi connectivity index (χ4n) is 2.97. The van der Waals surface area contributed by atoms with Crippen molar-refractivity contribution in [3.63, 3.8) is 0 Å². The number of carbonyl (C=O) groups excluding carboxylic acids is 1. The first-order valence-electron chi connectivity index (χ1n) is 8.58. The maximum absolute atomic E-state index is 14.6. The molecule has 0 N–H and O–H groups in total. The Morgan fingerprint density at radius 1 is 0.840 bits per heavy atom. The van der Waals surface area contributed by atoms with Crippen LogP contribution in [-0.4, -0.2) is 5.78 Å². The van der Waals surface area contributed by atoms with E-state index >= 15 is 0 Å². The Bertz CT molecular complexity index is 877. The zero-order chi connectivity index (χ0) is 17.8. The van der Waals surface area contributed by atoms with Gasteiger partial charge in [0.05, 0.1) is 0 Å². The molecule has 0 bridgehead atoms. The van der Waals surface area contributed by atoms with Crippen molar-refractivity contribution < 1.29 is 9.18 Å². The van der Waals surface area contributed by atoms with Crippen LogP contribution in [0.3, 0.4) is 0 Å². The summed E-state index contributed by atoms with van der Waals surface area (Å²) < 4.78 is 14.6. The van der Waals surface area contributed by atoms with E-state index in [9.17, 15) is 9.18 Å². The van der Waals surface area contributed by atoms with Crippen molar-refractivity contribution in [2.24, 2.45) is 0 Å². The number of carbonyl (C=O) groups is 1. The Hall–Kier alpha value is -2.74. The average Bonchev–Trinajstić information content (AvgIpc) is 2.63. The van der Waals surface area contributed by atoms with Gasteiger partial charge in [0.15, 0.2) is 5.78 Å². The molecule has 3 aromatic rings. The lowest BCUT2D eigenvalue weighted by atomic mass is 9.97. The molecule has 0 aliphatic carbocycles. The molecule has 0 amide bonds. The highest BCUT2D eigenvalue weighted by atomic mass is 19.1. The van der Waals surface area contributed by atoms with Gasteiger partial charge in [0, 0.05) is 11.1 Å². The Balaban J connectivity index is 1.88. The molecule has 0 saturated heterocycles. The van der Waals surface area contributed by atoms with Crippen LogP contribution in [0.5, 0.6) is 0 Å². The third-order valence-electron chi connectivity index (χ3n) is 4.40. The van der Waals surface area contributed by atoms with E-state index in [1.807, 2.05) is 18.2 Å². The number of ketones is 1. The van der Waals surface area contributed by atoms with E-state index < -0.39 is 0 Å². The molecule has 3 rings (SSSR count). The minimum Gasteiger partial charge on any atom is -0.295 e. The summed E-state index contributed by atoms with van der Waals surface area (Å²) in [6, 6.07) is 20.6. The Morgan fingerprint density at radius 2 is 1.44 bits per heavy atom. The van der Waals surface area contributed by atoms with Gasteiger partial charge in [-0.25, -0.2) is 4.39 Å². The molecule has 0 heterocycles. The second-order valence-electron chi connectivity index (χ2n) is 6.28. The van der Waals surface area contributed by atoms with E-state index in [1.165, 1.54) is 12.5 Å². The SMILES string of the molecule is CCCc1ccc(-c2ccc(-c3ccc(C(C)=O)cc3)c(F)c2)cc1. The van der Waals surface area contributed by atoms with E-state index in [4.69, 9.17) is 0 Å². The lowest BCUT2D eigenvalue weighted by molar-refractivity contribution is 0.101. The quantitative estimate of drug-likeness (QED) is 0.500. The van der Waals surface area contributed by atoms with Gasteiger partial charge in [0.2, 0.25) is 0 Å². The summed E-state index contributed by atoms with van der Waals surface area (Å²) in [4.78, 5) is 11.4. The third-order valence-corrected chi connectivity index (χ3v) is 4.40. The first kappa shape index (κ1) is 17.1. The molecule has 1 nitrogen and oxygen atoms in total. The van der Waals surface area contributed by atoms with E-state index in [0.29, 0.717) is 11.1 Å². The van der Waals surface area contributed by atoms with Gasteiger partial charge in [-0.1, -0.05) is 74.0 Å². The fraction of sp³-hybridized carbons (Fsp3) is 0.174. The Labute approximate surface area is 148 Å². The van der Waals surface area contributed by atoms with Crippen molar-refractivity contribution in [2.45, 2.75) is 26.7 Å². The molecule has 0 fully saturated rings. The summed E-state index contributed by atoms with van der Waals surface area (Å²) in [6.45, 7) is 3.68. The van der Waals surface area contributed by atoms with Crippen LogP contribution >= 0.6 is 0 Å². The molecular weight excluding hydrogens is 311 g/mol. The summed E-state index contributed by atoms with van der Waals surface area (Å²) in [7, 11) is 0. The topological polar surface area (TPSA) is 17.1 Å². The number of hydrogen-bond donors (Lipinski definition) is 0. The van der Waals surface area contributed by atoms with Gasteiger partial charge in [0.25, 0.3) is 0 Å². The first-order chi connectivity index (χ1) is 12.1. The molecule has 0 unspecified atom stereocenters. The molecule has 25 heavy (non-hydrogen) atoms. The van der Waals surface area contributed by atoms with Crippen LogP contribution < -0.4 is 0 Å². The summed E-state index contributed by atoms with van der Waals surface area (Å²) in [5, 5.41) is 0. The zero-order valence-electron chi connectivity index (χ0n) is 14.6. The third kappa shape index (κ3) is 3.85. The normalized spacial score (nSPS) is 10.7.